The van der Waals surface area contributed by atoms with Crippen LogP contribution in [-0.4, -0.2) is 78.8 Å². The first-order chi connectivity index (χ1) is 23.9. The first-order valence-corrected chi connectivity index (χ1v) is 19.5. The molecule has 4 saturated heterocycles. The molecule has 0 bridgehead atoms. The molecule has 0 saturated carbocycles. The van der Waals surface area contributed by atoms with Gasteiger partial charge in [0.1, 0.15) is 6.61 Å². The Morgan fingerprint density at radius 1 is 0.396 bits per heavy atom. The van der Waals surface area contributed by atoms with Crippen LogP contribution < -0.4 is 21.3 Å². The fourth-order valence-electron chi connectivity index (χ4n) is 6.72. The van der Waals surface area contributed by atoms with Crippen molar-refractivity contribution < 1.29 is 14.2 Å². The molecule has 7 heterocycles. The summed E-state index contributed by atoms with van der Waals surface area (Å²) >= 11 is 0. The Balaban J connectivity index is 0.000000153. The van der Waals surface area contributed by atoms with Crippen LogP contribution in [0.15, 0.2) is 73.3 Å². The molecule has 7 aliphatic heterocycles. The van der Waals surface area contributed by atoms with E-state index in [0.29, 0.717) is 0 Å². The molecule has 0 amide bonds. The zero-order chi connectivity index (χ0) is 33.4. The van der Waals surface area contributed by atoms with Crippen LogP contribution in [0, 0.1) is 23.7 Å². The fraction of sp³-hybridized carbons (Fsp3) is 0.707. The third-order valence-corrected chi connectivity index (χ3v) is 9.72. The monoisotopic (exact) mass is 667 g/mol. The maximum atomic E-state index is 4.98. The van der Waals surface area contributed by atoms with Gasteiger partial charge in [-0.15, -0.1) is 0 Å². The largest absolute Gasteiger partial charge is 0.502 e. The molecule has 9 rings (SSSR count). The van der Waals surface area contributed by atoms with E-state index in [1.165, 1.54) is 129 Å². The second-order valence-electron chi connectivity index (χ2n) is 13.7. The molecule has 0 aromatic rings. The van der Waals surface area contributed by atoms with Gasteiger partial charge in [0.2, 0.25) is 0 Å². The molecule has 0 aromatic heterocycles. The molecular formula is C41H70N4O3. The SMILES string of the molecule is C1=CCCCC1.C1=CCCCC1.C1=CCOC=C1.C1=CCOCC1.C1=COCCC1.C1CC2CNCC2CN1.C1CC2CNCC2CN1. The number of ether oxygens (including phenoxy) is 3. The van der Waals surface area contributed by atoms with Gasteiger partial charge in [-0.05, 0) is 178 Å². The highest BCUT2D eigenvalue weighted by molar-refractivity contribution is 5.03. The summed E-state index contributed by atoms with van der Waals surface area (Å²) in [5.41, 5.74) is 0. The van der Waals surface area contributed by atoms with Crippen molar-refractivity contribution in [1.82, 2.24) is 21.3 Å². The summed E-state index contributed by atoms with van der Waals surface area (Å²) in [6, 6.07) is 0. The molecule has 7 heteroatoms. The quantitative estimate of drug-likeness (QED) is 0.204. The van der Waals surface area contributed by atoms with E-state index >= 15 is 0 Å². The summed E-state index contributed by atoms with van der Waals surface area (Å²) in [7, 11) is 0. The first kappa shape index (κ1) is 40.3. The molecule has 48 heavy (non-hydrogen) atoms. The average molecular weight is 667 g/mol. The van der Waals surface area contributed by atoms with Crippen molar-refractivity contribution >= 4 is 0 Å². The van der Waals surface area contributed by atoms with Crippen LogP contribution in [0.25, 0.3) is 0 Å². The third kappa shape index (κ3) is 21.0. The van der Waals surface area contributed by atoms with Crippen molar-refractivity contribution in [3.8, 4) is 0 Å². The van der Waals surface area contributed by atoms with E-state index in [0.717, 1.165) is 56.5 Å². The van der Waals surface area contributed by atoms with Crippen molar-refractivity contribution in [2.24, 2.45) is 23.7 Å². The number of hydrogen-bond donors (Lipinski definition) is 4. The van der Waals surface area contributed by atoms with Crippen LogP contribution in [0.2, 0.25) is 0 Å². The van der Waals surface area contributed by atoms with Gasteiger partial charge in [0, 0.05) is 0 Å². The molecule has 0 aromatic carbocycles. The lowest BCUT2D eigenvalue weighted by Crippen LogP contribution is -2.35. The Kier molecular flexibility index (Phi) is 24.9. The van der Waals surface area contributed by atoms with Crippen LogP contribution in [0.4, 0.5) is 0 Å². The topological polar surface area (TPSA) is 75.8 Å². The van der Waals surface area contributed by atoms with Gasteiger partial charge >= 0.3 is 0 Å². The van der Waals surface area contributed by atoms with Gasteiger partial charge in [-0.1, -0.05) is 42.5 Å². The van der Waals surface area contributed by atoms with Crippen molar-refractivity contribution in [1.29, 1.82) is 0 Å². The predicted molar refractivity (Wildman–Crippen MR) is 203 cm³/mol. The van der Waals surface area contributed by atoms with E-state index in [1.807, 2.05) is 30.4 Å². The zero-order valence-electron chi connectivity index (χ0n) is 30.1. The number of fused-ring (bicyclic) bond motifs is 2. The molecule has 0 spiro atoms. The average Bonchev–Trinajstić information content (AvgIpc) is 3.90. The predicted octanol–water partition coefficient (Wildman–Crippen LogP) is 7.22. The van der Waals surface area contributed by atoms with E-state index in [-0.39, 0.29) is 0 Å². The molecule has 272 valence electrons. The molecule has 0 radical (unpaired) electrons. The zero-order valence-corrected chi connectivity index (χ0v) is 30.1. The Hall–Kier alpha value is -2.16. The number of allylic oxidation sites excluding steroid dienone is 7. The number of piperidine rings is 2. The van der Waals surface area contributed by atoms with E-state index in [4.69, 9.17) is 14.2 Å². The molecule has 7 nitrogen and oxygen atoms in total. The highest BCUT2D eigenvalue weighted by atomic mass is 16.5. The Morgan fingerprint density at radius 2 is 0.938 bits per heavy atom. The van der Waals surface area contributed by atoms with Crippen LogP contribution in [0.1, 0.15) is 83.5 Å². The number of rotatable bonds is 0. The Bertz CT molecular complexity index is 765. The van der Waals surface area contributed by atoms with Crippen LogP contribution in [0.5, 0.6) is 0 Å². The summed E-state index contributed by atoms with van der Waals surface area (Å²) in [6.07, 6.45) is 41.7. The smallest absolute Gasteiger partial charge is 0.106 e. The summed E-state index contributed by atoms with van der Waals surface area (Å²) in [5, 5.41) is 13.7. The lowest BCUT2D eigenvalue weighted by molar-refractivity contribution is 0.158. The van der Waals surface area contributed by atoms with Gasteiger partial charge in [0.15, 0.2) is 0 Å². The molecule has 4 unspecified atom stereocenters. The highest BCUT2D eigenvalue weighted by Crippen LogP contribution is 2.22. The van der Waals surface area contributed by atoms with E-state index in [9.17, 15) is 0 Å². The van der Waals surface area contributed by atoms with Crippen molar-refractivity contribution in [3.63, 3.8) is 0 Å². The van der Waals surface area contributed by atoms with Gasteiger partial charge in [0.05, 0.1) is 32.3 Å². The minimum atomic E-state index is 0.733. The summed E-state index contributed by atoms with van der Waals surface area (Å²) in [6.45, 7) is 13.4. The minimum Gasteiger partial charge on any atom is -0.502 e. The molecule has 4 N–H and O–H groups in total. The normalized spacial score (nSPS) is 28.7. The van der Waals surface area contributed by atoms with E-state index < -0.39 is 0 Å². The van der Waals surface area contributed by atoms with E-state index in [2.05, 4.69) is 51.6 Å². The second kappa shape index (κ2) is 29.7. The highest BCUT2D eigenvalue weighted by Gasteiger charge is 2.29. The molecule has 9 aliphatic rings. The Labute approximate surface area is 294 Å². The summed E-state index contributed by atoms with van der Waals surface area (Å²) in [5.74, 6) is 3.87. The van der Waals surface area contributed by atoms with E-state index in [1.54, 1.807) is 12.5 Å². The first-order valence-electron chi connectivity index (χ1n) is 19.5. The van der Waals surface area contributed by atoms with Gasteiger partial charge in [0.25, 0.3) is 0 Å². The standard InChI is InChI=1S/2C7H14N2.2C6H10.2C5H8O.C5H6O/c2*1-2-8-4-7-5-9-3-6(1)7;5*1-2-4-6-5-3-1/h2*6-9H,1-5H2;2*1-2H,3-6H2;2,4H,1,3,5H2;1-2H,3-5H2;1-4H,5H2. The van der Waals surface area contributed by atoms with Crippen molar-refractivity contribution in [2.75, 3.05) is 78.8 Å². The summed E-state index contributed by atoms with van der Waals surface area (Å²) in [4.78, 5) is 0. The molecular weight excluding hydrogens is 596 g/mol. The van der Waals surface area contributed by atoms with Crippen molar-refractivity contribution in [3.05, 3.63) is 73.3 Å². The van der Waals surface area contributed by atoms with Gasteiger partial charge in [-0.2, -0.15) is 0 Å². The van der Waals surface area contributed by atoms with Gasteiger partial charge in [-0.3, -0.25) is 0 Å². The third-order valence-electron chi connectivity index (χ3n) is 9.72. The number of hydrogen-bond acceptors (Lipinski definition) is 7. The van der Waals surface area contributed by atoms with Crippen molar-refractivity contribution in [2.45, 2.75) is 83.5 Å². The van der Waals surface area contributed by atoms with Gasteiger partial charge < -0.3 is 35.5 Å². The minimum absolute atomic E-state index is 0.733. The maximum Gasteiger partial charge on any atom is 0.106 e. The summed E-state index contributed by atoms with van der Waals surface area (Å²) < 4.78 is 14.7. The van der Waals surface area contributed by atoms with Gasteiger partial charge in [-0.25, -0.2) is 0 Å². The Morgan fingerprint density at radius 3 is 1.19 bits per heavy atom. The van der Waals surface area contributed by atoms with Crippen LogP contribution in [-0.2, 0) is 14.2 Å². The number of nitrogens with one attached hydrogen (secondary N) is 4. The molecule has 4 fully saturated rings. The van der Waals surface area contributed by atoms with Crippen LogP contribution in [0.3, 0.4) is 0 Å². The van der Waals surface area contributed by atoms with Crippen LogP contribution >= 0.6 is 0 Å². The second-order valence-corrected chi connectivity index (χ2v) is 13.7. The fourth-order valence-corrected chi connectivity index (χ4v) is 6.72. The lowest BCUT2D eigenvalue weighted by Gasteiger charge is -2.24. The maximum absolute atomic E-state index is 4.98. The lowest BCUT2D eigenvalue weighted by atomic mass is 9.90. The molecule has 2 aliphatic carbocycles. The molecule has 4 atom stereocenters.